The van der Waals surface area contributed by atoms with Gasteiger partial charge in [0.2, 0.25) is 0 Å². The molecule has 0 unspecified atom stereocenters. The average Bonchev–Trinajstić information content (AvgIpc) is 2.65. The van der Waals surface area contributed by atoms with Crippen molar-refractivity contribution in [1.82, 2.24) is 0 Å². The second kappa shape index (κ2) is 16.2. The molecule has 0 aliphatic carbocycles. The van der Waals surface area contributed by atoms with Gasteiger partial charge in [0, 0.05) is 35.6 Å². The number of hydrogen-bond acceptors (Lipinski definition) is 8. The maximum atomic E-state index is 11.4. The third-order valence-corrected chi connectivity index (χ3v) is 5.58. The number of rotatable bonds is 9. The van der Waals surface area contributed by atoms with E-state index in [1.54, 1.807) is 40.2 Å². The normalized spacial score (nSPS) is 11.0. The minimum Gasteiger partial charge on any atom is -0.491 e. The maximum absolute atomic E-state index is 11.4. The van der Waals surface area contributed by atoms with Crippen LogP contribution in [0.25, 0.3) is 0 Å². The molecule has 0 atom stereocenters. The number of hydrogen-bond donors (Lipinski definition) is 1. The Labute approximate surface area is 216 Å². The first-order chi connectivity index (χ1) is 16.1. The van der Waals surface area contributed by atoms with E-state index in [9.17, 15) is 8.42 Å². The van der Waals surface area contributed by atoms with Crippen molar-refractivity contribution in [3.63, 3.8) is 0 Å². The van der Waals surface area contributed by atoms with E-state index in [1.807, 2.05) is 12.1 Å². The topological polar surface area (TPSA) is 125 Å². The Morgan fingerprint density at radius 3 is 1.34 bits per heavy atom. The smallest absolute Gasteiger partial charge is 0.353 e. The van der Waals surface area contributed by atoms with Crippen molar-refractivity contribution in [2.45, 2.75) is 32.6 Å². The Morgan fingerprint density at radius 1 is 0.686 bits per heavy atom. The largest absolute Gasteiger partial charge is 0.491 e. The monoisotopic (exact) mass is 574 g/mol. The van der Waals surface area contributed by atoms with Crippen LogP contribution in [0.1, 0.15) is 22.3 Å². The van der Waals surface area contributed by atoms with Gasteiger partial charge < -0.3 is 18.9 Å². The van der Waals surface area contributed by atoms with Crippen LogP contribution in [0.15, 0.2) is 35.2 Å². The quantitative estimate of drug-likeness (QED) is 0.259. The number of methoxy groups -OCH3 is 2. The molecule has 200 valence electrons. The molecular formula is C22H32Cl2O9S2. The predicted octanol–water partition coefficient (Wildman–Crippen LogP) is 4.61. The third kappa shape index (κ3) is 16.7. The Kier molecular flexibility index (Phi) is 15.5. The van der Waals surface area contributed by atoms with Gasteiger partial charge in [-0.05, 0) is 74.2 Å². The van der Waals surface area contributed by atoms with E-state index in [0.29, 0.717) is 43.3 Å². The molecule has 13 heteroatoms. The number of halogens is 2. The lowest BCUT2D eigenvalue weighted by molar-refractivity contribution is 0.146. The van der Waals surface area contributed by atoms with Crippen LogP contribution >= 0.6 is 21.4 Å². The van der Waals surface area contributed by atoms with E-state index in [4.69, 9.17) is 42.6 Å². The molecule has 0 saturated heterocycles. The minimum atomic E-state index is -4.19. The summed E-state index contributed by atoms with van der Waals surface area (Å²) in [7, 11) is 4.77. The molecule has 9 nitrogen and oxygen atoms in total. The van der Waals surface area contributed by atoms with Crippen LogP contribution in [0.4, 0.5) is 0 Å². The van der Waals surface area contributed by atoms with Gasteiger partial charge in [0.05, 0.1) is 18.1 Å². The van der Waals surface area contributed by atoms with Gasteiger partial charge in [-0.15, -0.1) is 0 Å². The minimum absolute atomic E-state index is 0.151. The van der Waals surface area contributed by atoms with Crippen molar-refractivity contribution in [2.24, 2.45) is 0 Å². The van der Waals surface area contributed by atoms with E-state index in [-0.39, 0.29) is 4.90 Å². The standard InChI is InChI=1S/C11H15ClO4S.C11H16O2.ClHO3S/c1-8-6-10(16-5-4-15-3)7-9(2)11(8)17(12,13)14;1-9-6-10(2)8-11(7-9)13-5-4-12-3;1-5(2,3)4/h6-7H,4-5H2,1-3H3;6-8H,4-5H2,1-3H3;(H,2,3,4). The lowest BCUT2D eigenvalue weighted by atomic mass is 10.1. The molecule has 0 fully saturated rings. The molecule has 2 aromatic carbocycles. The summed E-state index contributed by atoms with van der Waals surface area (Å²) in [5, 5.41) is 0. The maximum Gasteiger partial charge on any atom is 0.353 e. The first-order valence-electron chi connectivity index (χ1n) is 10.1. The molecule has 0 saturated carbocycles. The van der Waals surface area contributed by atoms with Crippen molar-refractivity contribution in [3.05, 3.63) is 52.6 Å². The fourth-order valence-corrected chi connectivity index (χ4v) is 4.50. The highest BCUT2D eigenvalue weighted by atomic mass is 35.7. The Bertz CT molecular complexity index is 1080. The van der Waals surface area contributed by atoms with Crippen molar-refractivity contribution in [2.75, 3.05) is 40.6 Å². The van der Waals surface area contributed by atoms with Crippen LogP contribution in [-0.2, 0) is 27.9 Å². The van der Waals surface area contributed by atoms with Crippen LogP contribution in [0.5, 0.6) is 11.5 Å². The zero-order valence-electron chi connectivity index (χ0n) is 20.5. The molecule has 0 aliphatic rings. The number of aryl methyl sites for hydroxylation is 4. The molecule has 2 rings (SSSR count). The van der Waals surface area contributed by atoms with Crippen molar-refractivity contribution >= 4 is 39.7 Å². The molecule has 0 aromatic heterocycles. The second-order valence-corrected chi connectivity index (χ2v) is 11.7. The van der Waals surface area contributed by atoms with Gasteiger partial charge >= 0.3 is 9.33 Å². The van der Waals surface area contributed by atoms with Crippen molar-refractivity contribution < 1.29 is 40.3 Å². The Balaban J connectivity index is 0.000000567. The van der Waals surface area contributed by atoms with Crippen molar-refractivity contribution in [1.29, 1.82) is 0 Å². The van der Waals surface area contributed by atoms with Gasteiger partial charge in [-0.25, -0.2) is 8.42 Å². The first kappa shape index (κ1) is 33.4. The zero-order valence-corrected chi connectivity index (χ0v) is 23.6. The lowest BCUT2D eigenvalue weighted by Crippen LogP contribution is -2.06. The molecule has 0 spiro atoms. The van der Waals surface area contributed by atoms with Crippen molar-refractivity contribution in [3.8, 4) is 11.5 Å². The molecule has 35 heavy (non-hydrogen) atoms. The van der Waals surface area contributed by atoms with Gasteiger partial charge in [0.25, 0.3) is 9.05 Å². The molecular weight excluding hydrogens is 543 g/mol. The summed E-state index contributed by atoms with van der Waals surface area (Å²) < 4.78 is 68.5. The van der Waals surface area contributed by atoms with Gasteiger partial charge in [-0.3, -0.25) is 4.55 Å². The number of benzene rings is 2. The Morgan fingerprint density at radius 2 is 1.03 bits per heavy atom. The fraction of sp³-hybridized carbons (Fsp3) is 0.455. The van der Waals surface area contributed by atoms with Gasteiger partial charge in [0.15, 0.2) is 0 Å². The van der Waals surface area contributed by atoms with E-state index in [1.165, 1.54) is 11.1 Å². The van der Waals surface area contributed by atoms with E-state index >= 15 is 0 Å². The summed E-state index contributed by atoms with van der Waals surface area (Å²) >= 11 is 0. The molecule has 0 aliphatic heterocycles. The average molecular weight is 576 g/mol. The zero-order chi connectivity index (χ0) is 27.2. The SMILES string of the molecule is COCCOc1cc(C)c(S(=O)(=O)Cl)c(C)c1.COCCOc1cc(C)cc(C)c1.O=S(=O)(O)Cl. The van der Waals surface area contributed by atoms with Gasteiger partial charge in [-0.2, -0.15) is 8.42 Å². The van der Waals surface area contributed by atoms with E-state index in [2.05, 4.69) is 30.6 Å². The highest BCUT2D eigenvalue weighted by molar-refractivity contribution is 8.13. The highest BCUT2D eigenvalue weighted by Crippen LogP contribution is 2.28. The van der Waals surface area contributed by atoms with Gasteiger partial charge in [-0.1, -0.05) is 6.07 Å². The van der Waals surface area contributed by atoms with Crippen LogP contribution in [0.3, 0.4) is 0 Å². The molecule has 2 aromatic rings. The number of ether oxygens (including phenoxy) is 4. The highest BCUT2D eigenvalue weighted by Gasteiger charge is 2.17. The fourth-order valence-electron chi connectivity index (χ4n) is 2.88. The van der Waals surface area contributed by atoms with Crippen LogP contribution in [-0.4, -0.2) is 62.0 Å². The van der Waals surface area contributed by atoms with Gasteiger partial charge in [0.1, 0.15) is 24.7 Å². The van der Waals surface area contributed by atoms with E-state index in [0.717, 1.165) is 5.75 Å². The molecule has 1 N–H and O–H groups in total. The van der Waals surface area contributed by atoms with Crippen LogP contribution in [0, 0.1) is 27.7 Å². The Hall–Kier alpha value is -1.60. The van der Waals surface area contributed by atoms with E-state index < -0.39 is 18.4 Å². The second-order valence-electron chi connectivity index (χ2n) is 7.24. The summed E-state index contributed by atoms with van der Waals surface area (Å²) in [5.74, 6) is 1.54. The molecule has 0 radical (unpaired) electrons. The molecule has 0 bridgehead atoms. The molecule has 0 amide bonds. The summed E-state index contributed by atoms with van der Waals surface area (Å²) in [6, 6.07) is 9.49. The van der Waals surface area contributed by atoms with Crippen LogP contribution in [0.2, 0.25) is 0 Å². The van der Waals surface area contributed by atoms with Crippen LogP contribution < -0.4 is 9.47 Å². The molecule has 0 heterocycles. The third-order valence-electron chi connectivity index (χ3n) is 3.99. The summed E-state index contributed by atoms with van der Waals surface area (Å²) in [5.41, 5.74) is 3.61. The summed E-state index contributed by atoms with van der Waals surface area (Å²) in [6.45, 7) is 9.64. The predicted molar refractivity (Wildman–Crippen MR) is 137 cm³/mol. The summed E-state index contributed by atoms with van der Waals surface area (Å²) in [6.07, 6.45) is 0. The summed E-state index contributed by atoms with van der Waals surface area (Å²) in [4.78, 5) is 0.151. The first-order valence-corrected chi connectivity index (χ1v) is 14.7. The lowest BCUT2D eigenvalue weighted by Gasteiger charge is -2.11.